The van der Waals surface area contributed by atoms with E-state index in [1.807, 2.05) is 0 Å². The second-order valence-electron chi connectivity index (χ2n) is 22.4. The average Bonchev–Trinajstić information content (AvgIpc) is 3.90. The first kappa shape index (κ1) is 46.0. The molecule has 0 amide bonds. The van der Waals surface area contributed by atoms with Crippen molar-refractivity contribution in [2.75, 3.05) is 9.80 Å². The molecule has 1 aromatic heterocycles. The van der Waals surface area contributed by atoms with Crippen LogP contribution in [0.2, 0.25) is 0 Å². The molecule has 2 fully saturated rings. The summed E-state index contributed by atoms with van der Waals surface area (Å²) in [6, 6.07) is 56.6. The van der Waals surface area contributed by atoms with Crippen LogP contribution >= 0.6 is 0 Å². The van der Waals surface area contributed by atoms with E-state index in [1.165, 1.54) is 58.7 Å². The predicted octanol–water partition coefficient (Wildman–Crippen LogP) is 14.1. The van der Waals surface area contributed by atoms with E-state index in [4.69, 9.17) is 18.6 Å². The van der Waals surface area contributed by atoms with Crippen molar-refractivity contribution in [2.24, 2.45) is 0 Å². The normalized spacial score (nSPS) is 18.7. The molecular weight excluding hydrogens is 872 g/mol. The molecule has 3 heterocycles. The van der Waals surface area contributed by atoms with Crippen LogP contribution < -0.4 is 20.7 Å². The highest BCUT2D eigenvalue weighted by atomic mass is 16.7. The molecular formula is C62H65B2N3O4. The third kappa shape index (κ3) is 8.10. The Morgan fingerprint density at radius 2 is 0.704 bits per heavy atom. The molecule has 7 aromatic carbocycles. The van der Waals surface area contributed by atoms with E-state index in [0.29, 0.717) is 0 Å². The molecule has 8 aromatic rings. The van der Waals surface area contributed by atoms with Gasteiger partial charge in [0.1, 0.15) is 0 Å². The van der Waals surface area contributed by atoms with Gasteiger partial charge in [-0.1, -0.05) is 54.6 Å². The SMILES string of the molecule is CC1(C)OB(c2ccc(N(c3ccc4c(c3)CCCC4)c3ccc4c(c3)c3cc(N(c5ccc(B6OC(C)(C)C(C)(C)O6)cc5)c5ccc6c(c5)CCCC6)ccc3n4-c3ccccc3)cc2)OC1(C)C. The highest BCUT2D eigenvalue weighted by molar-refractivity contribution is 6.62. The highest BCUT2D eigenvalue weighted by Crippen LogP contribution is 2.45. The maximum atomic E-state index is 6.51. The second kappa shape index (κ2) is 17.3. The van der Waals surface area contributed by atoms with Crippen LogP contribution in [0.4, 0.5) is 34.1 Å². The minimum atomic E-state index is -0.435. The van der Waals surface area contributed by atoms with Crippen LogP contribution in [-0.2, 0) is 44.3 Å². The molecule has 9 heteroatoms. The molecule has 12 rings (SSSR count). The summed E-state index contributed by atoms with van der Waals surface area (Å²) in [5, 5.41) is 2.36. The summed E-state index contributed by atoms with van der Waals surface area (Å²) in [5.74, 6) is 0. The molecule has 0 radical (unpaired) electrons. The number of anilines is 6. The lowest BCUT2D eigenvalue weighted by Gasteiger charge is -2.32. The van der Waals surface area contributed by atoms with E-state index in [1.54, 1.807) is 0 Å². The van der Waals surface area contributed by atoms with E-state index in [9.17, 15) is 0 Å². The fourth-order valence-corrected chi connectivity index (χ4v) is 11.3. The van der Waals surface area contributed by atoms with Crippen molar-refractivity contribution in [3.05, 3.63) is 174 Å². The summed E-state index contributed by atoms with van der Waals surface area (Å²) >= 11 is 0. The van der Waals surface area contributed by atoms with Gasteiger partial charge in [-0.25, -0.2) is 0 Å². The molecule has 0 bridgehead atoms. The third-order valence-electron chi connectivity index (χ3n) is 16.8. The standard InChI is InChI=1S/C62H65B2N3O4/c1-59(2)60(3,4)69-63(68-59)46-24-30-49(31-25-46)65(51-28-22-42-16-12-14-18-44(42)38-51)53-34-36-57-55(40-53)56-41-54(35-37-58(56)67(57)48-20-10-9-11-21-48)66(52-29-23-43-17-13-15-19-45(43)39-52)50-32-26-47(27-33-50)64-70-61(5,6)62(7,8)71-64/h9-11,20-41H,12-19H2,1-8H3. The number of hydrogen-bond acceptors (Lipinski definition) is 6. The largest absolute Gasteiger partial charge is 0.494 e. The lowest BCUT2D eigenvalue weighted by Crippen LogP contribution is -2.41. The van der Waals surface area contributed by atoms with Gasteiger partial charge in [-0.05, 0) is 237 Å². The lowest BCUT2D eigenvalue weighted by molar-refractivity contribution is 0.00578. The Morgan fingerprint density at radius 1 is 0.366 bits per heavy atom. The number of rotatable bonds is 9. The molecule has 2 aliphatic carbocycles. The van der Waals surface area contributed by atoms with Crippen LogP contribution in [0, 0.1) is 0 Å². The van der Waals surface area contributed by atoms with Gasteiger partial charge in [0.2, 0.25) is 0 Å². The van der Waals surface area contributed by atoms with Crippen LogP contribution in [0.1, 0.15) is 103 Å². The number of fused-ring (bicyclic) bond motifs is 5. The Bertz CT molecular complexity index is 3070. The molecule has 0 atom stereocenters. The Morgan fingerprint density at radius 3 is 1.10 bits per heavy atom. The summed E-state index contributed by atoms with van der Waals surface area (Å²) in [5.41, 5.74) is 16.3. The van der Waals surface area contributed by atoms with Crippen molar-refractivity contribution in [1.82, 2.24) is 4.57 Å². The quantitative estimate of drug-likeness (QED) is 0.134. The van der Waals surface area contributed by atoms with Crippen molar-refractivity contribution in [1.29, 1.82) is 0 Å². The first-order chi connectivity index (χ1) is 34.1. The van der Waals surface area contributed by atoms with Crippen LogP contribution in [0.5, 0.6) is 0 Å². The zero-order valence-electron chi connectivity index (χ0n) is 42.7. The van der Waals surface area contributed by atoms with E-state index >= 15 is 0 Å². The van der Waals surface area contributed by atoms with Gasteiger partial charge in [-0.2, -0.15) is 0 Å². The van der Waals surface area contributed by atoms with Crippen LogP contribution in [0.3, 0.4) is 0 Å². The average molecular weight is 938 g/mol. The lowest BCUT2D eigenvalue weighted by atomic mass is 9.79. The van der Waals surface area contributed by atoms with Gasteiger partial charge in [-0.3, -0.25) is 0 Å². The van der Waals surface area contributed by atoms with Crippen molar-refractivity contribution >= 4 is 81.1 Å². The highest BCUT2D eigenvalue weighted by Gasteiger charge is 2.52. The van der Waals surface area contributed by atoms with Gasteiger partial charge in [0.25, 0.3) is 0 Å². The Balaban J connectivity index is 1.01. The van der Waals surface area contributed by atoms with Gasteiger partial charge in [0.15, 0.2) is 0 Å². The Kier molecular flexibility index (Phi) is 11.2. The third-order valence-corrected chi connectivity index (χ3v) is 16.8. The summed E-state index contributed by atoms with van der Waals surface area (Å²) < 4.78 is 28.4. The number of benzene rings is 7. The van der Waals surface area contributed by atoms with Crippen molar-refractivity contribution in [2.45, 2.75) is 129 Å². The first-order valence-corrected chi connectivity index (χ1v) is 26.0. The summed E-state index contributed by atoms with van der Waals surface area (Å²) in [6.07, 6.45) is 9.42. The second-order valence-corrected chi connectivity index (χ2v) is 22.4. The molecule has 0 unspecified atom stereocenters. The van der Waals surface area contributed by atoms with Gasteiger partial charge in [-0.15, -0.1) is 0 Å². The topological polar surface area (TPSA) is 48.3 Å². The zero-order chi connectivity index (χ0) is 48.9. The van der Waals surface area contributed by atoms with Gasteiger partial charge in [0.05, 0.1) is 33.4 Å². The predicted molar refractivity (Wildman–Crippen MR) is 295 cm³/mol. The molecule has 2 aliphatic heterocycles. The van der Waals surface area contributed by atoms with E-state index in [0.717, 1.165) is 87.5 Å². The number of hydrogen-bond donors (Lipinski definition) is 0. The van der Waals surface area contributed by atoms with Gasteiger partial charge >= 0.3 is 14.2 Å². The first-order valence-electron chi connectivity index (χ1n) is 26.0. The molecule has 0 spiro atoms. The van der Waals surface area contributed by atoms with Crippen molar-refractivity contribution in [3.63, 3.8) is 0 Å². The molecule has 0 saturated carbocycles. The maximum absolute atomic E-state index is 6.51. The minimum absolute atomic E-state index is 0.420. The molecule has 2 saturated heterocycles. The van der Waals surface area contributed by atoms with Crippen molar-refractivity contribution < 1.29 is 18.6 Å². The molecule has 4 aliphatic rings. The Labute approximate surface area is 421 Å². The van der Waals surface area contributed by atoms with Crippen LogP contribution in [0.25, 0.3) is 27.5 Å². The van der Waals surface area contributed by atoms with Gasteiger partial charge in [0, 0.05) is 50.6 Å². The minimum Gasteiger partial charge on any atom is -0.399 e. The summed E-state index contributed by atoms with van der Waals surface area (Å²) in [7, 11) is -0.871. The monoisotopic (exact) mass is 938 g/mol. The molecule has 358 valence electrons. The molecule has 71 heavy (non-hydrogen) atoms. The Hall–Kier alpha value is -6.09. The summed E-state index contributed by atoms with van der Waals surface area (Å²) in [6.45, 7) is 16.9. The maximum Gasteiger partial charge on any atom is 0.494 e. The van der Waals surface area contributed by atoms with Crippen LogP contribution in [-0.4, -0.2) is 41.2 Å². The summed E-state index contributed by atoms with van der Waals surface area (Å²) in [4.78, 5) is 4.86. The van der Waals surface area contributed by atoms with Gasteiger partial charge < -0.3 is 33.0 Å². The van der Waals surface area contributed by atoms with E-state index in [-0.39, 0.29) is 0 Å². The fraction of sp³-hybridized carbons (Fsp3) is 0.323. The van der Waals surface area contributed by atoms with Crippen LogP contribution in [0.15, 0.2) is 152 Å². The fourth-order valence-electron chi connectivity index (χ4n) is 11.3. The van der Waals surface area contributed by atoms with Crippen molar-refractivity contribution in [3.8, 4) is 5.69 Å². The number of aromatic nitrogens is 1. The number of nitrogens with zero attached hydrogens (tertiary/aromatic N) is 3. The molecule has 7 nitrogen and oxygen atoms in total. The van der Waals surface area contributed by atoms with E-state index in [2.05, 4.69) is 221 Å². The zero-order valence-corrected chi connectivity index (χ0v) is 42.7. The smallest absolute Gasteiger partial charge is 0.399 e. The number of aryl methyl sites for hydroxylation is 4. The van der Waals surface area contributed by atoms with E-state index < -0.39 is 36.6 Å². The molecule has 0 N–H and O–H groups in total. The number of para-hydroxylation sites is 1.